The van der Waals surface area contributed by atoms with Gasteiger partial charge in [0.15, 0.2) is 5.78 Å². The summed E-state index contributed by atoms with van der Waals surface area (Å²) >= 11 is 3.70. The Morgan fingerprint density at radius 2 is 1.35 bits per heavy atom. The van der Waals surface area contributed by atoms with Crippen molar-refractivity contribution in [2.24, 2.45) is 0 Å². The van der Waals surface area contributed by atoms with E-state index in [1.54, 1.807) is 0 Å². The van der Waals surface area contributed by atoms with E-state index in [9.17, 15) is 4.79 Å². The van der Waals surface area contributed by atoms with Gasteiger partial charge in [0.05, 0.1) is 0 Å². The predicted molar refractivity (Wildman–Crippen MR) is 112 cm³/mol. The fraction of sp³-hybridized carbons (Fsp3) is 0.0417. The lowest BCUT2D eigenvalue weighted by atomic mass is 9.89. The molecule has 0 saturated carbocycles. The molecule has 0 radical (unpaired) electrons. The maximum absolute atomic E-state index is 13.1. The van der Waals surface area contributed by atoms with Crippen molar-refractivity contribution in [2.75, 3.05) is 0 Å². The van der Waals surface area contributed by atoms with Crippen LogP contribution in [0.5, 0.6) is 0 Å². The zero-order valence-corrected chi connectivity index (χ0v) is 16.0. The van der Waals surface area contributed by atoms with Crippen LogP contribution in [-0.4, -0.2) is 5.78 Å². The summed E-state index contributed by atoms with van der Waals surface area (Å²) in [6.45, 7) is 2.12. The van der Waals surface area contributed by atoms with E-state index in [0.29, 0.717) is 5.56 Å². The Hall–Kier alpha value is -2.71. The molecule has 1 nitrogen and oxygen atoms in total. The fourth-order valence-corrected chi connectivity index (χ4v) is 3.99. The summed E-state index contributed by atoms with van der Waals surface area (Å²) in [5, 5.41) is 2.37. The van der Waals surface area contributed by atoms with E-state index in [0.717, 1.165) is 21.2 Å². The number of benzene rings is 4. The van der Waals surface area contributed by atoms with Gasteiger partial charge in [-0.1, -0.05) is 94.8 Å². The highest BCUT2D eigenvalue weighted by Gasteiger charge is 2.17. The number of carbonyl (C=O) groups excluding carboxylic acids is 1. The van der Waals surface area contributed by atoms with Crippen molar-refractivity contribution < 1.29 is 4.79 Å². The van der Waals surface area contributed by atoms with Crippen LogP contribution in [0.4, 0.5) is 0 Å². The summed E-state index contributed by atoms with van der Waals surface area (Å²) in [5.41, 5.74) is 4.65. The number of rotatable bonds is 3. The van der Waals surface area contributed by atoms with Gasteiger partial charge in [-0.05, 0) is 40.5 Å². The van der Waals surface area contributed by atoms with Crippen molar-refractivity contribution in [3.63, 3.8) is 0 Å². The molecule has 0 aromatic heterocycles. The van der Waals surface area contributed by atoms with Crippen molar-refractivity contribution in [2.45, 2.75) is 6.92 Å². The molecule has 4 rings (SSSR count). The van der Waals surface area contributed by atoms with E-state index in [1.165, 1.54) is 16.3 Å². The molecule has 4 aromatic carbocycles. The van der Waals surface area contributed by atoms with Gasteiger partial charge >= 0.3 is 0 Å². The van der Waals surface area contributed by atoms with Crippen LogP contribution in [0.25, 0.3) is 21.9 Å². The molecule has 0 unspecified atom stereocenters. The first kappa shape index (κ1) is 16.7. The smallest absolute Gasteiger partial charge is 0.193 e. The lowest BCUT2D eigenvalue weighted by molar-refractivity contribution is 0.103. The van der Waals surface area contributed by atoms with Gasteiger partial charge in [-0.15, -0.1) is 0 Å². The number of halogens is 1. The van der Waals surface area contributed by atoms with Gasteiger partial charge in [-0.25, -0.2) is 0 Å². The highest BCUT2D eigenvalue weighted by atomic mass is 79.9. The lowest BCUT2D eigenvalue weighted by Crippen LogP contribution is -2.04. The second-order valence-corrected chi connectivity index (χ2v) is 7.17. The maximum atomic E-state index is 13.1. The standard InChI is InChI=1S/C24H17BrO/c1-16-18-11-5-7-13-20(18)23(25)15-22(16)19-12-6-8-14-21(19)24(26)17-9-3-2-4-10-17/h2-15H,1H3. The second kappa shape index (κ2) is 6.89. The van der Waals surface area contributed by atoms with Gasteiger partial charge in [0.1, 0.15) is 0 Å². The number of ketones is 1. The normalized spacial score (nSPS) is 10.8. The van der Waals surface area contributed by atoms with E-state index >= 15 is 0 Å². The van der Waals surface area contributed by atoms with Crippen LogP contribution in [-0.2, 0) is 0 Å². The van der Waals surface area contributed by atoms with Crippen LogP contribution in [0.3, 0.4) is 0 Å². The quantitative estimate of drug-likeness (QED) is 0.345. The summed E-state index contributed by atoms with van der Waals surface area (Å²) in [6.07, 6.45) is 0. The lowest BCUT2D eigenvalue weighted by Gasteiger charge is -2.15. The zero-order chi connectivity index (χ0) is 18.1. The second-order valence-electron chi connectivity index (χ2n) is 6.32. The average molecular weight is 401 g/mol. The summed E-state index contributed by atoms with van der Waals surface area (Å²) < 4.78 is 1.04. The molecule has 0 atom stereocenters. The molecule has 26 heavy (non-hydrogen) atoms. The van der Waals surface area contributed by atoms with Crippen LogP contribution in [0.1, 0.15) is 21.5 Å². The molecule has 126 valence electrons. The predicted octanol–water partition coefficient (Wildman–Crippen LogP) is 6.81. The first-order valence-corrected chi connectivity index (χ1v) is 9.33. The Bertz CT molecular complexity index is 1110. The third kappa shape index (κ3) is 2.87. The molecule has 0 heterocycles. The third-order valence-corrected chi connectivity index (χ3v) is 5.42. The monoisotopic (exact) mass is 400 g/mol. The molecular formula is C24H17BrO. The maximum Gasteiger partial charge on any atom is 0.193 e. The summed E-state index contributed by atoms with van der Waals surface area (Å²) in [7, 11) is 0. The van der Waals surface area contributed by atoms with Crippen molar-refractivity contribution in [1.29, 1.82) is 0 Å². The zero-order valence-electron chi connectivity index (χ0n) is 14.4. The topological polar surface area (TPSA) is 17.1 Å². The Labute approximate surface area is 161 Å². The number of carbonyl (C=O) groups is 1. The molecule has 0 amide bonds. The molecule has 0 saturated heterocycles. The number of hydrogen-bond donors (Lipinski definition) is 0. The molecule has 2 heteroatoms. The summed E-state index contributed by atoms with van der Waals surface area (Å²) in [6, 6.07) is 27.7. The van der Waals surface area contributed by atoms with Gasteiger partial charge in [0, 0.05) is 15.6 Å². The molecule has 0 aliphatic carbocycles. The molecule has 0 spiro atoms. The van der Waals surface area contributed by atoms with Crippen LogP contribution < -0.4 is 0 Å². The van der Waals surface area contributed by atoms with Crippen LogP contribution in [0.2, 0.25) is 0 Å². The van der Waals surface area contributed by atoms with E-state index in [4.69, 9.17) is 0 Å². The molecule has 0 N–H and O–H groups in total. The molecule has 4 aromatic rings. The fourth-order valence-electron chi connectivity index (χ4n) is 3.42. The molecular weight excluding hydrogens is 384 g/mol. The minimum Gasteiger partial charge on any atom is -0.289 e. The van der Waals surface area contributed by atoms with Crippen molar-refractivity contribution in [1.82, 2.24) is 0 Å². The number of hydrogen-bond acceptors (Lipinski definition) is 1. The Balaban J connectivity index is 1.94. The van der Waals surface area contributed by atoms with Gasteiger partial charge in [-0.3, -0.25) is 4.79 Å². The van der Waals surface area contributed by atoms with Crippen molar-refractivity contribution in [3.05, 3.63) is 106 Å². The minimum absolute atomic E-state index is 0.0462. The van der Waals surface area contributed by atoms with E-state index in [2.05, 4.69) is 41.1 Å². The summed E-state index contributed by atoms with van der Waals surface area (Å²) in [5.74, 6) is 0.0462. The molecule has 0 bridgehead atoms. The van der Waals surface area contributed by atoms with Gasteiger partial charge < -0.3 is 0 Å². The van der Waals surface area contributed by atoms with Crippen molar-refractivity contribution in [3.8, 4) is 11.1 Å². The SMILES string of the molecule is Cc1c(-c2ccccc2C(=O)c2ccccc2)cc(Br)c2ccccc12. The van der Waals surface area contributed by atoms with Crippen molar-refractivity contribution >= 4 is 32.5 Å². The minimum atomic E-state index is 0.0462. The Kier molecular flexibility index (Phi) is 4.44. The summed E-state index contributed by atoms with van der Waals surface area (Å²) in [4.78, 5) is 13.1. The van der Waals surface area contributed by atoms with Gasteiger partial charge in [-0.2, -0.15) is 0 Å². The molecule has 0 fully saturated rings. The van der Waals surface area contributed by atoms with Crippen LogP contribution >= 0.6 is 15.9 Å². The van der Waals surface area contributed by atoms with E-state index in [-0.39, 0.29) is 5.78 Å². The Morgan fingerprint density at radius 1 is 0.731 bits per heavy atom. The van der Waals surface area contributed by atoms with Crippen LogP contribution in [0, 0.1) is 6.92 Å². The number of aryl methyl sites for hydroxylation is 1. The molecule has 0 aliphatic heterocycles. The van der Waals surface area contributed by atoms with Crippen LogP contribution in [0.15, 0.2) is 89.4 Å². The first-order valence-electron chi connectivity index (χ1n) is 8.54. The highest BCUT2D eigenvalue weighted by molar-refractivity contribution is 9.10. The third-order valence-electron chi connectivity index (χ3n) is 4.76. The Morgan fingerprint density at radius 3 is 2.12 bits per heavy atom. The highest BCUT2D eigenvalue weighted by Crippen LogP contribution is 2.36. The largest absolute Gasteiger partial charge is 0.289 e. The first-order chi connectivity index (χ1) is 12.7. The van der Waals surface area contributed by atoms with Gasteiger partial charge in [0.2, 0.25) is 0 Å². The number of fused-ring (bicyclic) bond motifs is 1. The van der Waals surface area contributed by atoms with E-state index < -0.39 is 0 Å². The molecule has 0 aliphatic rings. The average Bonchev–Trinajstić information content (AvgIpc) is 2.71. The van der Waals surface area contributed by atoms with E-state index in [1.807, 2.05) is 66.7 Å². The van der Waals surface area contributed by atoms with Gasteiger partial charge in [0.25, 0.3) is 0 Å².